The summed E-state index contributed by atoms with van der Waals surface area (Å²) in [6, 6.07) is 6.92. The van der Waals surface area contributed by atoms with Gasteiger partial charge in [0.2, 0.25) is 5.91 Å². The third kappa shape index (κ3) is 7.08. The number of aliphatic hydroxyl groups excluding tert-OH is 2. The Morgan fingerprint density at radius 3 is 2.48 bits per heavy atom. The Bertz CT molecular complexity index is 445. The topological polar surface area (TPSA) is 90.8 Å². The maximum absolute atomic E-state index is 10.9. The van der Waals surface area contributed by atoms with Gasteiger partial charge >= 0.3 is 0 Å². The van der Waals surface area contributed by atoms with Crippen molar-refractivity contribution in [2.24, 2.45) is 0 Å². The number of carbonyl (C=O) groups is 1. The molecule has 4 N–H and O–H groups in total. The number of anilines is 1. The second-order valence-corrected chi connectivity index (χ2v) is 5.59. The van der Waals surface area contributed by atoms with E-state index in [0.717, 1.165) is 0 Å². The summed E-state index contributed by atoms with van der Waals surface area (Å²) in [4.78, 5) is 10.9. The minimum atomic E-state index is -0.675. The van der Waals surface area contributed by atoms with Crippen LogP contribution in [-0.2, 0) is 4.79 Å². The third-order valence-electron chi connectivity index (χ3n) is 2.83. The monoisotopic (exact) mass is 296 g/mol. The molecule has 0 bridgehead atoms. The molecular weight excluding hydrogens is 272 g/mol. The van der Waals surface area contributed by atoms with E-state index in [1.807, 2.05) is 13.8 Å². The smallest absolute Gasteiger partial charge is 0.221 e. The van der Waals surface area contributed by atoms with E-state index in [1.54, 1.807) is 24.3 Å². The summed E-state index contributed by atoms with van der Waals surface area (Å²) in [5.74, 6) is 0.487. The third-order valence-corrected chi connectivity index (χ3v) is 2.83. The molecule has 0 heterocycles. The highest BCUT2D eigenvalue weighted by molar-refractivity contribution is 5.88. The van der Waals surface area contributed by atoms with E-state index in [9.17, 15) is 9.90 Å². The number of β-amino-alcohol motifs (C(OH)–C–C–N with tert-alkyl or cyclic N) is 1. The zero-order chi connectivity index (χ0) is 15.9. The fraction of sp³-hybridized carbons (Fsp3) is 0.533. The molecular formula is C15H24N2O4. The van der Waals surface area contributed by atoms with Crippen LogP contribution in [0.4, 0.5) is 5.69 Å². The highest BCUT2D eigenvalue weighted by atomic mass is 16.5. The van der Waals surface area contributed by atoms with Crippen molar-refractivity contribution in [3.05, 3.63) is 24.3 Å². The fourth-order valence-corrected chi connectivity index (χ4v) is 1.54. The number of amides is 1. The number of nitrogens with one attached hydrogen (secondary N) is 2. The number of hydrogen-bond donors (Lipinski definition) is 4. The summed E-state index contributed by atoms with van der Waals surface area (Å²) in [6.45, 7) is 5.61. The van der Waals surface area contributed by atoms with Crippen LogP contribution in [0.1, 0.15) is 20.8 Å². The lowest BCUT2D eigenvalue weighted by Gasteiger charge is -2.25. The zero-order valence-corrected chi connectivity index (χ0v) is 12.7. The second kappa shape index (κ2) is 7.97. The van der Waals surface area contributed by atoms with Crippen LogP contribution in [0.2, 0.25) is 0 Å². The SMILES string of the molecule is CC(=O)Nc1ccc(OCC(O)CNC(C)(C)CO)cc1. The molecule has 0 saturated carbocycles. The van der Waals surface area contributed by atoms with E-state index in [2.05, 4.69) is 10.6 Å². The molecule has 1 unspecified atom stereocenters. The summed E-state index contributed by atoms with van der Waals surface area (Å²) < 4.78 is 5.46. The quantitative estimate of drug-likeness (QED) is 0.568. The first-order valence-corrected chi connectivity index (χ1v) is 6.87. The molecule has 1 atom stereocenters. The Hall–Kier alpha value is -1.63. The molecule has 1 amide bonds. The first kappa shape index (κ1) is 17.4. The molecule has 6 nitrogen and oxygen atoms in total. The van der Waals surface area contributed by atoms with Gasteiger partial charge in [0.1, 0.15) is 18.5 Å². The Morgan fingerprint density at radius 1 is 1.33 bits per heavy atom. The van der Waals surface area contributed by atoms with Gasteiger partial charge in [0.05, 0.1) is 6.61 Å². The predicted octanol–water partition coefficient (Wildman–Crippen LogP) is 0.745. The minimum absolute atomic E-state index is 0.00874. The number of rotatable bonds is 8. The van der Waals surface area contributed by atoms with Gasteiger partial charge in [-0.3, -0.25) is 4.79 Å². The maximum Gasteiger partial charge on any atom is 0.221 e. The molecule has 0 aliphatic carbocycles. The summed E-state index contributed by atoms with van der Waals surface area (Å²) in [6.07, 6.45) is -0.675. The van der Waals surface area contributed by atoms with Gasteiger partial charge in [0, 0.05) is 24.7 Å². The van der Waals surface area contributed by atoms with Crippen molar-refractivity contribution in [1.29, 1.82) is 0 Å². The lowest BCUT2D eigenvalue weighted by atomic mass is 10.1. The summed E-state index contributed by atoms with van der Waals surface area (Å²) in [5, 5.41) is 24.6. The summed E-state index contributed by atoms with van der Waals surface area (Å²) >= 11 is 0. The first-order chi connectivity index (χ1) is 9.82. The number of hydrogen-bond acceptors (Lipinski definition) is 5. The molecule has 21 heavy (non-hydrogen) atoms. The number of carbonyl (C=O) groups excluding carboxylic acids is 1. The van der Waals surface area contributed by atoms with Crippen molar-refractivity contribution >= 4 is 11.6 Å². The van der Waals surface area contributed by atoms with E-state index in [-0.39, 0.29) is 19.1 Å². The molecule has 1 rings (SSSR count). The van der Waals surface area contributed by atoms with Crippen molar-refractivity contribution in [2.45, 2.75) is 32.4 Å². The maximum atomic E-state index is 10.9. The Morgan fingerprint density at radius 2 is 1.95 bits per heavy atom. The van der Waals surface area contributed by atoms with Crippen LogP contribution in [0.3, 0.4) is 0 Å². The van der Waals surface area contributed by atoms with Crippen molar-refractivity contribution in [3.8, 4) is 5.75 Å². The predicted molar refractivity (Wildman–Crippen MR) is 81.4 cm³/mol. The molecule has 118 valence electrons. The number of benzene rings is 1. The van der Waals surface area contributed by atoms with Gasteiger partial charge in [0.15, 0.2) is 0 Å². The van der Waals surface area contributed by atoms with Crippen LogP contribution in [0.15, 0.2) is 24.3 Å². The van der Waals surface area contributed by atoms with E-state index < -0.39 is 11.6 Å². The van der Waals surface area contributed by atoms with Crippen LogP contribution >= 0.6 is 0 Å². The highest BCUT2D eigenvalue weighted by Gasteiger charge is 2.17. The molecule has 0 fully saturated rings. The van der Waals surface area contributed by atoms with Crippen molar-refractivity contribution in [2.75, 3.05) is 25.1 Å². The van der Waals surface area contributed by atoms with Gasteiger partial charge in [-0.25, -0.2) is 0 Å². The van der Waals surface area contributed by atoms with Crippen LogP contribution in [0, 0.1) is 0 Å². The Labute approximate surface area is 125 Å². The number of ether oxygens (including phenoxy) is 1. The molecule has 0 aliphatic rings. The largest absolute Gasteiger partial charge is 0.491 e. The van der Waals surface area contributed by atoms with Gasteiger partial charge < -0.3 is 25.6 Å². The lowest BCUT2D eigenvalue weighted by Crippen LogP contribution is -2.47. The minimum Gasteiger partial charge on any atom is -0.491 e. The molecule has 0 spiro atoms. The molecule has 0 radical (unpaired) electrons. The first-order valence-electron chi connectivity index (χ1n) is 6.87. The summed E-state index contributed by atoms with van der Waals surface area (Å²) in [7, 11) is 0. The number of aliphatic hydroxyl groups is 2. The Kier molecular flexibility index (Phi) is 6.61. The van der Waals surface area contributed by atoms with Crippen LogP contribution in [0.5, 0.6) is 5.75 Å². The average Bonchev–Trinajstić information content (AvgIpc) is 2.44. The van der Waals surface area contributed by atoms with Crippen molar-refractivity contribution < 1.29 is 19.7 Å². The molecule has 1 aromatic carbocycles. The molecule has 1 aromatic rings. The molecule has 0 aliphatic heterocycles. The standard InChI is InChI=1S/C15H24N2O4/c1-11(19)17-12-4-6-14(7-5-12)21-9-13(20)8-16-15(2,3)10-18/h4-7,13,16,18,20H,8-10H2,1-3H3,(H,17,19). The highest BCUT2D eigenvalue weighted by Crippen LogP contribution is 2.15. The van der Waals surface area contributed by atoms with Crippen LogP contribution < -0.4 is 15.4 Å². The Balaban J connectivity index is 2.36. The molecule has 0 saturated heterocycles. The molecule has 6 heteroatoms. The van der Waals surface area contributed by atoms with E-state index in [4.69, 9.17) is 9.84 Å². The average molecular weight is 296 g/mol. The van der Waals surface area contributed by atoms with Gasteiger partial charge in [-0.2, -0.15) is 0 Å². The van der Waals surface area contributed by atoms with E-state index in [1.165, 1.54) is 6.92 Å². The zero-order valence-electron chi connectivity index (χ0n) is 12.7. The van der Waals surface area contributed by atoms with Gasteiger partial charge in [-0.15, -0.1) is 0 Å². The van der Waals surface area contributed by atoms with Crippen LogP contribution in [0.25, 0.3) is 0 Å². The summed E-state index contributed by atoms with van der Waals surface area (Å²) in [5.41, 5.74) is 0.266. The van der Waals surface area contributed by atoms with E-state index >= 15 is 0 Å². The lowest BCUT2D eigenvalue weighted by molar-refractivity contribution is -0.114. The second-order valence-electron chi connectivity index (χ2n) is 5.59. The van der Waals surface area contributed by atoms with Gasteiger partial charge in [-0.1, -0.05) is 0 Å². The fourth-order valence-electron chi connectivity index (χ4n) is 1.54. The van der Waals surface area contributed by atoms with Crippen molar-refractivity contribution in [1.82, 2.24) is 5.32 Å². The van der Waals surface area contributed by atoms with Gasteiger partial charge in [-0.05, 0) is 38.1 Å². The van der Waals surface area contributed by atoms with E-state index in [0.29, 0.717) is 18.0 Å². The van der Waals surface area contributed by atoms with Crippen LogP contribution in [-0.4, -0.2) is 47.5 Å². The molecule has 0 aromatic heterocycles. The normalized spacial score (nSPS) is 12.8. The van der Waals surface area contributed by atoms with Crippen molar-refractivity contribution in [3.63, 3.8) is 0 Å². The van der Waals surface area contributed by atoms with Gasteiger partial charge in [0.25, 0.3) is 0 Å².